The van der Waals surface area contributed by atoms with Crippen LogP contribution in [0.2, 0.25) is 5.02 Å². The number of pyridine rings is 1. The second kappa shape index (κ2) is 12.6. The van der Waals surface area contributed by atoms with Crippen molar-refractivity contribution in [2.75, 3.05) is 39.5 Å². The van der Waals surface area contributed by atoms with Crippen LogP contribution in [0.5, 0.6) is 5.75 Å². The first kappa shape index (κ1) is 25.0. The van der Waals surface area contributed by atoms with E-state index < -0.39 is 0 Å². The number of rotatable bonds is 10. The summed E-state index contributed by atoms with van der Waals surface area (Å²) in [6.45, 7) is 6.80. The fourth-order valence-corrected chi connectivity index (χ4v) is 4.03. The van der Waals surface area contributed by atoms with Crippen molar-refractivity contribution in [1.82, 2.24) is 15.2 Å². The summed E-state index contributed by atoms with van der Waals surface area (Å²) >= 11 is 5.96. The number of halogens is 1. The van der Waals surface area contributed by atoms with Gasteiger partial charge >= 0.3 is 0 Å². The number of hydrogen-bond acceptors (Lipinski definition) is 5. The van der Waals surface area contributed by atoms with Gasteiger partial charge in [-0.15, -0.1) is 0 Å². The van der Waals surface area contributed by atoms with Crippen LogP contribution in [0, 0.1) is 6.92 Å². The highest BCUT2D eigenvalue weighted by molar-refractivity contribution is 6.30. The van der Waals surface area contributed by atoms with Crippen molar-refractivity contribution in [2.24, 2.45) is 0 Å². The fourth-order valence-electron chi connectivity index (χ4n) is 3.85. The maximum absolute atomic E-state index is 12.8. The Hall–Kier alpha value is -2.64. The quantitative estimate of drug-likeness (QED) is 0.528. The molecule has 0 unspecified atom stereocenters. The van der Waals surface area contributed by atoms with Gasteiger partial charge in [-0.05, 0) is 56.5 Å². The zero-order valence-electron chi connectivity index (χ0n) is 19.3. The van der Waals surface area contributed by atoms with Crippen LogP contribution < -0.4 is 10.1 Å². The Balaban J connectivity index is 1.54. The molecular formula is C25H32ClN3O4. The molecule has 178 valence electrons. The Morgan fingerprint density at radius 2 is 1.97 bits per heavy atom. The lowest BCUT2D eigenvalue weighted by Crippen LogP contribution is -2.41. The second-order valence-corrected chi connectivity index (χ2v) is 8.59. The van der Waals surface area contributed by atoms with E-state index in [0.29, 0.717) is 49.2 Å². The molecule has 1 N–H and O–H groups in total. The van der Waals surface area contributed by atoms with Crippen LogP contribution in [0.4, 0.5) is 0 Å². The molecule has 0 spiro atoms. The Labute approximate surface area is 200 Å². The minimum absolute atomic E-state index is 0.0263. The van der Waals surface area contributed by atoms with E-state index in [4.69, 9.17) is 26.1 Å². The largest absolute Gasteiger partial charge is 0.484 e. The number of nitrogens with one attached hydrogen (secondary N) is 1. The van der Waals surface area contributed by atoms with E-state index in [-0.39, 0.29) is 24.3 Å². The fraction of sp³-hybridized carbons (Fsp3) is 0.480. The summed E-state index contributed by atoms with van der Waals surface area (Å²) in [5.74, 6) is 0.507. The molecule has 1 aliphatic heterocycles. The Kier molecular flexibility index (Phi) is 9.51. The van der Waals surface area contributed by atoms with Crippen LogP contribution in [0.15, 0.2) is 36.4 Å². The van der Waals surface area contributed by atoms with Crippen molar-refractivity contribution in [3.05, 3.63) is 58.4 Å². The molecule has 2 aromatic rings. The zero-order valence-corrected chi connectivity index (χ0v) is 20.1. The van der Waals surface area contributed by atoms with E-state index in [1.807, 2.05) is 30.9 Å². The van der Waals surface area contributed by atoms with Gasteiger partial charge in [0, 0.05) is 42.9 Å². The number of likely N-dealkylation sites (tertiary alicyclic amines) is 1. The number of aryl methyl sites for hydroxylation is 1. The lowest BCUT2D eigenvalue weighted by molar-refractivity contribution is -0.134. The van der Waals surface area contributed by atoms with Crippen molar-refractivity contribution in [1.29, 1.82) is 0 Å². The Bertz CT molecular complexity index is 945. The van der Waals surface area contributed by atoms with Gasteiger partial charge in [-0.3, -0.25) is 14.6 Å². The number of amides is 2. The normalized spacial score (nSPS) is 14.2. The highest BCUT2D eigenvalue weighted by atomic mass is 35.5. The maximum atomic E-state index is 12.8. The van der Waals surface area contributed by atoms with Crippen LogP contribution in [0.25, 0.3) is 0 Å². The van der Waals surface area contributed by atoms with Crippen LogP contribution >= 0.6 is 11.6 Å². The Morgan fingerprint density at radius 3 is 2.70 bits per heavy atom. The summed E-state index contributed by atoms with van der Waals surface area (Å²) in [7, 11) is 0. The average Bonchev–Trinajstić information content (AvgIpc) is 2.82. The van der Waals surface area contributed by atoms with Gasteiger partial charge < -0.3 is 19.7 Å². The van der Waals surface area contributed by atoms with Crippen LogP contribution in [-0.2, 0) is 9.53 Å². The van der Waals surface area contributed by atoms with E-state index in [1.54, 1.807) is 24.3 Å². The van der Waals surface area contributed by atoms with Gasteiger partial charge in [-0.25, -0.2) is 0 Å². The lowest BCUT2D eigenvalue weighted by atomic mass is 9.89. The number of benzene rings is 1. The zero-order chi connectivity index (χ0) is 23.6. The molecule has 1 fully saturated rings. The molecule has 1 aromatic carbocycles. The summed E-state index contributed by atoms with van der Waals surface area (Å²) in [5, 5.41) is 3.49. The first-order valence-corrected chi connectivity index (χ1v) is 11.9. The molecule has 2 amide bonds. The molecule has 0 aliphatic carbocycles. The van der Waals surface area contributed by atoms with Gasteiger partial charge in [0.2, 0.25) is 0 Å². The first-order valence-electron chi connectivity index (χ1n) is 11.5. The highest BCUT2D eigenvalue weighted by Crippen LogP contribution is 2.29. The third-order valence-corrected chi connectivity index (χ3v) is 5.82. The van der Waals surface area contributed by atoms with Gasteiger partial charge in [-0.2, -0.15) is 0 Å². The van der Waals surface area contributed by atoms with Crippen LogP contribution in [0.1, 0.15) is 53.8 Å². The summed E-state index contributed by atoms with van der Waals surface area (Å²) in [4.78, 5) is 31.9. The molecule has 1 aromatic heterocycles. The summed E-state index contributed by atoms with van der Waals surface area (Å²) in [5.41, 5.74) is 2.29. The SMILES string of the molecule is CCCOCCNC(=O)c1ccc(C)nc1C1CCN(C(=O)COc2cccc(Cl)c2)CC1. The third-order valence-electron chi connectivity index (χ3n) is 5.58. The van der Waals surface area contributed by atoms with E-state index >= 15 is 0 Å². The highest BCUT2D eigenvalue weighted by Gasteiger charge is 2.28. The first-order chi connectivity index (χ1) is 16.0. The van der Waals surface area contributed by atoms with E-state index in [0.717, 1.165) is 30.7 Å². The minimum Gasteiger partial charge on any atom is -0.484 e. The minimum atomic E-state index is -0.133. The van der Waals surface area contributed by atoms with E-state index in [9.17, 15) is 9.59 Å². The van der Waals surface area contributed by atoms with E-state index in [2.05, 4.69) is 5.32 Å². The molecule has 0 bridgehead atoms. The monoisotopic (exact) mass is 473 g/mol. The molecule has 0 radical (unpaired) electrons. The predicted molar refractivity (Wildman–Crippen MR) is 128 cm³/mol. The predicted octanol–water partition coefficient (Wildman–Crippen LogP) is 3.98. The van der Waals surface area contributed by atoms with Crippen molar-refractivity contribution >= 4 is 23.4 Å². The number of carbonyl (C=O) groups excluding carboxylic acids is 2. The molecular weight excluding hydrogens is 442 g/mol. The summed E-state index contributed by atoms with van der Waals surface area (Å²) in [6.07, 6.45) is 2.45. The molecule has 1 aliphatic rings. The molecule has 2 heterocycles. The molecule has 7 nitrogen and oxygen atoms in total. The van der Waals surface area contributed by atoms with Gasteiger partial charge in [0.1, 0.15) is 5.75 Å². The molecule has 0 saturated carbocycles. The molecule has 33 heavy (non-hydrogen) atoms. The number of aromatic nitrogens is 1. The van der Waals surface area contributed by atoms with Crippen LogP contribution in [0.3, 0.4) is 0 Å². The maximum Gasteiger partial charge on any atom is 0.260 e. The molecule has 3 rings (SSSR count). The number of piperidine rings is 1. The van der Waals surface area contributed by atoms with Gasteiger partial charge in [0.15, 0.2) is 6.61 Å². The summed E-state index contributed by atoms with van der Waals surface area (Å²) < 4.78 is 11.0. The van der Waals surface area contributed by atoms with E-state index in [1.165, 1.54) is 0 Å². The Morgan fingerprint density at radius 1 is 1.18 bits per heavy atom. The number of carbonyl (C=O) groups is 2. The number of ether oxygens (including phenoxy) is 2. The van der Waals surface area contributed by atoms with Crippen molar-refractivity contribution in [2.45, 2.75) is 39.0 Å². The second-order valence-electron chi connectivity index (χ2n) is 8.15. The van der Waals surface area contributed by atoms with Gasteiger partial charge in [-0.1, -0.05) is 24.6 Å². The summed E-state index contributed by atoms with van der Waals surface area (Å²) in [6, 6.07) is 10.7. The van der Waals surface area contributed by atoms with Gasteiger partial charge in [0.25, 0.3) is 11.8 Å². The standard InChI is InChI=1S/C25H32ClN3O4/c1-3-14-32-15-11-27-25(31)22-8-7-18(2)28-24(22)19-9-12-29(13-10-19)23(30)17-33-21-6-4-5-20(26)16-21/h4-8,16,19H,3,9-15,17H2,1-2H3,(H,27,31). The third kappa shape index (κ3) is 7.44. The lowest BCUT2D eigenvalue weighted by Gasteiger charge is -2.32. The molecule has 1 saturated heterocycles. The topological polar surface area (TPSA) is 80.8 Å². The number of hydrogen-bond donors (Lipinski definition) is 1. The van der Waals surface area contributed by atoms with Crippen molar-refractivity contribution in [3.63, 3.8) is 0 Å². The molecule has 8 heteroatoms. The smallest absolute Gasteiger partial charge is 0.260 e. The molecule has 0 atom stereocenters. The van der Waals surface area contributed by atoms with Crippen molar-refractivity contribution < 1.29 is 19.1 Å². The van der Waals surface area contributed by atoms with Gasteiger partial charge in [0.05, 0.1) is 17.9 Å². The van der Waals surface area contributed by atoms with Crippen molar-refractivity contribution in [3.8, 4) is 5.75 Å². The average molecular weight is 474 g/mol. The van der Waals surface area contributed by atoms with Crippen LogP contribution in [-0.4, -0.2) is 61.2 Å². The number of nitrogens with zero attached hydrogens (tertiary/aromatic N) is 2.